The molecule has 2 heterocycles. The summed E-state index contributed by atoms with van der Waals surface area (Å²) in [5.74, 6) is 1.18. The quantitative estimate of drug-likeness (QED) is 0.785. The molecule has 1 N–H and O–H groups in total. The summed E-state index contributed by atoms with van der Waals surface area (Å²) in [5, 5.41) is 0. The normalized spacial score (nSPS) is 14.8. The lowest BCUT2D eigenvalue weighted by atomic mass is 10.1. The Labute approximate surface area is 147 Å². The summed E-state index contributed by atoms with van der Waals surface area (Å²) in [7, 11) is 0. The molecule has 1 amide bonds. The Bertz CT molecular complexity index is 827. The van der Waals surface area contributed by atoms with Gasteiger partial charge in [0.25, 0.3) is 5.91 Å². The molecule has 0 spiro atoms. The third-order valence-corrected chi connectivity index (χ3v) is 4.93. The largest absolute Gasteiger partial charge is 0.342 e. The zero-order valence-corrected chi connectivity index (χ0v) is 14.4. The van der Waals surface area contributed by atoms with Crippen LogP contribution in [-0.4, -0.2) is 33.9 Å². The molecule has 4 rings (SSSR count). The van der Waals surface area contributed by atoms with Gasteiger partial charge in [0.2, 0.25) is 0 Å². The zero-order valence-electron chi connectivity index (χ0n) is 14.4. The summed E-state index contributed by atoms with van der Waals surface area (Å²) >= 11 is 0. The van der Waals surface area contributed by atoms with Crippen LogP contribution in [0.15, 0.2) is 48.5 Å². The maximum absolute atomic E-state index is 12.5. The molecule has 1 aliphatic rings. The van der Waals surface area contributed by atoms with Gasteiger partial charge in [0.15, 0.2) is 0 Å². The van der Waals surface area contributed by atoms with Crippen molar-refractivity contribution in [1.29, 1.82) is 0 Å². The van der Waals surface area contributed by atoms with Gasteiger partial charge in [-0.05, 0) is 55.5 Å². The minimum atomic E-state index is 0.170. The lowest BCUT2D eigenvalue weighted by molar-refractivity contribution is 0.0724. The van der Waals surface area contributed by atoms with E-state index in [2.05, 4.69) is 22.1 Å². The van der Waals surface area contributed by atoms with Crippen molar-refractivity contribution in [1.82, 2.24) is 14.9 Å². The van der Waals surface area contributed by atoms with Crippen LogP contribution in [0.1, 0.15) is 41.0 Å². The first-order valence-electron chi connectivity index (χ1n) is 9.11. The predicted octanol–water partition coefficient (Wildman–Crippen LogP) is 3.97. The third kappa shape index (κ3) is 3.58. The number of aryl methyl sites for hydroxylation is 2. The second-order valence-electron chi connectivity index (χ2n) is 6.75. The van der Waals surface area contributed by atoms with Gasteiger partial charge in [-0.3, -0.25) is 4.79 Å². The van der Waals surface area contributed by atoms with Gasteiger partial charge in [0.05, 0.1) is 11.0 Å². The van der Waals surface area contributed by atoms with Crippen LogP contribution in [0.5, 0.6) is 0 Å². The Hall–Kier alpha value is -2.62. The number of hydrogen-bond acceptors (Lipinski definition) is 2. The summed E-state index contributed by atoms with van der Waals surface area (Å²) in [5.41, 5.74) is 4.13. The fraction of sp³-hybridized carbons (Fsp3) is 0.333. The predicted molar refractivity (Wildman–Crippen MR) is 99.7 cm³/mol. The van der Waals surface area contributed by atoms with Gasteiger partial charge in [0, 0.05) is 25.1 Å². The van der Waals surface area contributed by atoms with Gasteiger partial charge in [0.1, 0.15) is 5.82 Å². The number of nitrogens with one attached hydrogen (secondary N) is 1. The second kappa shape index (κ2) is 7.09. The van der Waals surface area contributed by atoms with Crippen molar-refractivity contribution in [2.24, 2.45) is 0 Å². The first-order chi connectivity index (χ1) is 12.3. The van der Waals surface area contributed by atoms with E-state index in [1.165, 1.54) is 12.0 Å². The maximum atomic E-state index is 12.5. The van der Waals surface area contributed by atoms with Crippen molar-refractivity contribution in [2.75, 3.05) is 13.1 Å². The molecule has 1 aromatic heterocycles. The average Bonchev–Trinajstić information content (AvgIpc) is 3.10. The van der Waals surface area contributed by atoms with Crippen LogP contribution in [0, 0.1) is 0 Å². The molecule has 25 heavy (non-hydrogen) atoms. The van der Waals surface area contributed by atoms with Gasteiger partial charge in [-0.1, -0.05) is 24.3 Å². The van der Waals surface area contributed by atoms with Crippen molar-refractivity contribution in [3.63, 3.8) is 0 Å². The molecule has 0 atom stereocenters. The Balaban J connectivity index is 1.39. The number of amides is 1. The standard InChI is InChI=1S/C21H23N3O/c25-21(24-14-4-1-5-15-24)17-11-8-16(9-12-17)10-13-20-22-18-6-2-3-7-19(18)23-20/h2-3,6-9,11-12H,1,4-5,10,13-15H2,(H,22,23). The summed E-state index contributed by atoms with van der Waals surface area (Å²) in [6, 6.07) is 16.2. The molecule has 0 bridgehead atoms. The number of benzene rings is 2. The highest BCUT2D eigenvalue weighted by atomic mass is 16.2. The lowest BCUT2D eigenvalue weighted by Gasteiger charge is -2.26. The van der Waals surface area contributed by atoms with Crippen LogP contribution in [0.2, 0.25) is 0 Å². The second-order valence-corrected chi connectivity index (χ2v) is 6.75. The minimum Gasteiger partial charge on any atom is -0.342 e. The van der Waals surface area contributed by atoms with Crippen molar-refractivity contribution in [2.45, 2.75) is 32.1 Å². The minimum absolute atomic E-state index is 0.170. The Morgan fingerprint density at radius 1 is 0.960 bits per heavy atom. The molecular formula is C21H23N3O. The zero-order chi connectivity index (χ0) is 17.1. The molecule has 128 valence electrons. The number of nitrogens with zero attached hydrogens (tertiary/aromatic N) is 2. The molecule has 4 heteroatoms. The van der Waals surface area contributed by atoms with E-state index in [1.807, 2.05) is 41.3 Å². The van der Waals surface area contributed by atoms with E-state index in [1.54, 1.807) is 0 Å². The number of rotatable bonds is 4. The van der Waals surface area contributed by atoms with Crippen molar-refractivity contribution in [3.8, 4) is 0 Å². The highest BCUT2D eigenvalue weighted by Crippen LogP contribution is 2.15. The number of aromatic nitrogens is 2. The highest BCUT2D eigenvalue weighted by molar-refractivity contribution is 5.94. The van der Waals surface area contributed by atoms with Gasteiger partial charge in [-0.15, -0.1) is 0 Å². The monoisotopic (exact) mass is 333 g/mol. The molecule has 0 unspecified atom stereocenters. The van der Waals surface area contributed by atoms with E-state index in [9.17, 15) is 4.79 Å². The van der Waals surface area contributed by atoms with E-state index in [4.69, 9.17) is 0 Å². The van der Waals surface area contributed by atoms with Gasteiger partial charge >= 0.3 is 0 Å². The molecule has 1 aliphatic heterocycles. The number of imidazole rings is 1. The van der Waals surface area contributed by atoms with E-state index < -0.39 is 0 Å². The first-order valence-corrected chi connectivity index (χ1v) is 9.11. The molecule has 3 aromatic rings. The van der Waals surface area contributed by atoms with Gasteiger partial charge in [-0.2, -0.15) is 0 Å². The topological polar surface area (TPSA) is 49.0 Å². The molecular weight excluding hydrogens is 310 g/mol. The summed E-state index contributed by atoms with van der Waals surface area (Å²) < 4.78 is 0. The SMILES string of the molecule is O=C(c1ccc(CCc2nc3ccccc3[nH]2)cc1)N1CCCCC1. The molecule has 0 aliphatic carbocycles. The van der Waals surface area contributed by atoms with Crippen LogP contribution < -0.4 is 0 Å². The maximum Gasteiger partial charge on any atom is 0.253 e. The van der Waals surface area contributed by atoms with Crippen molar-refractivity contribution >= 4 is 16.9 Å². The molecule has 1 saturated heterocycles. The van der Waals surface area contributed by atoms with Crippen LogP contribution >= 0.6 is 0 Å². The van der Waals surface area contributed by atoms with Crippen LogP contribution in [0.3, 0.4) is 0 Å². The molecule has 0 saturated carbocycles. The summed E-state index contributed by atoms with van der Waals surface area (Å²) in [6.45, 7) is 1.79. The third-order valence-electron chi connectivity index (χ3n) is 4.93. The number of likely N-dealkylation sites (tertiary alicyclic amines) is 1. The molecule has 4 nitrogen and oxygen atoms in total. The first kappa shape index (κ1) is 15.9. The van der Waals surface area contributed by atoms with Crippen LogP contribution in [-0.2, 0) is 12.8 Å². The fourth-order valence-electron chi connectivity index (χ4n) is 3.48. The summed E-state index contributed by atoms with van der Waals surface area (Å²) in [4.78, 5) is 22.5. The number of piperidine rings is 1. The number of fused-ring (bicyclic) bond motifs is 1. The molecule has 0 radical (unpaired) electrons. The lowest BCUT2D eigenvalue weighted by Crippen LogP contribution is -2.35. The van der Waals surface area contributed by atoms with Crippen molar-refractivity contribution in [3.05, 3.63) is 65.5 Å². The number of carbonyl (C=O) groups excluding carboxylic acids is 1. The van der Waals surface area contributed by atoms with Crippen LogP contribution in [0.4, 0.5) is 0 Å². The summed E-state index contributed by atoms with van der Waals surface area (Å²) in [6.07, 6.45) is 5.28. The fourth-order valence-corrected chi connectivity index (χ4v) is 3.48. The Morgan fingerprint density at radius 3 is 2.48 bits per heavy atom. The number of H-pyrrole nitrogens is 1. The van der Waals surface area contributed by atoms with E-state index in [-0.39, 0.29) is 5.91 Å². The smallest absolute Gasteiger partial charge is 0.253 e. The van der Waals surface area contributed by atoms with Gasteiger partial charge in [-0.25, -0.2) is 4.98 Å². The highest BCUT2D eigenvalue weighted by Gasteiger charge is 2.17. The van der Waals surface area contributed by atoms with E-state index in [0.29, 0.717) is 0 Å². The number of para-hydroxylation sites is 2. The number of hydrogen-bond donors (Lipinski definition) is 1. The van der Waals surface area contributed by atoms with Crippen LogP contribution in [0.25, 0.3) is 11.0 Å². The number of aromatic amines is 1. The average molecular weight is 333 g/mol. The molecule has 1 fully saturated rings. The Morgan fingerprint density at radius 2 is 1.72 bits per heavy atom. The van der Waals surface area contributed by atoms with Crippen molar-refractivity contribution < 1.29 is 4.79 Å². The van der Waals surface area contributed by atoms with E-state index in [0.717, 1.165) is 61.2 Å². The van der Waals surface area contributed by atoms with E-state index >= 15 is 0 Å². The molecule has 2 aromatic carbocycles. The Kier molecular flexibility index (Phi) is 4.51. The number of carbonyl (C=O) groups is 1. The van der Waals surface area contributed by atoms with Gasteiger partial charge < -0.3 is 9.88 Å².